The molecule has 53 heavy (non-hydrogen) atoms. The van der Waals surface area contributed by atoms with Gasteiger partial charge in [0.15, 0.2) is 6.79 Å². The van der Waals surface area contributed by atoms with E-state index < -0.39 is 12.1 Å². The van der Waals surface area contributed by atoms with Crippen molar-refractivity contribution in [1.82, 2.24) is 19.8 Å². The van der Waals surface area contributed by atoms with Crippen molar-refractivity contribution in [3.05, 3.63) is 94.6 Å². The first kappa shape index (κ1) is 43.7. The fraction of sp³-hybridized carbons (Fsp3) is 0.537. The molecule has 2 aliphatic heterocycles. The van der Waals surface area contributed by atoms with E-state index in [0.717, 1.165) is 54.1 Å². The zero-order valence-electron chi connectivity index (χ0n) is 32.1. The predicted octanol–water partition coefficient (Wildman–Crippen LogP) is 5.60. The molecule has 2 saturated heterocycles. The molecule has 292 valence electrons. The van der Waals surface area contributed by atoms with Gasteiger partial charge in [0.05, 0.1) is 24.7 Å². The smallest absolute Gasteiger partial charge is 0.293 e. The molecule has 0 saturated carbocycles. The van der Waals surface area contributed by atoms with Crippen LogP contribution in [0.4, 0.5) is 0 Å². The SMILES string of the molecule is CC(C)CN(CC(O)C(Cc1ccccc1)NC(=O)CNC(=O)C1CCCN1C)SC1=CCC2OCOC2=C1.CCCC.O=COCc1ccccc1. The van der Waals surface area contributed by atoms with Crippen molar-refractivity contribution in [3.63, 3.8) is 0 Å². The summed E-state index contributed by atoms with van der Waals surface area (Å²) in [5.74, 6) is 0.798. The highest BCUT2D eigenvalue weighted by molar-refractivity contribution is 8.01. The molecule has 2 fully saturated rings. The summed E-state index contributed by atoms with van der Waals surface area (Å²) in [7, 11) is 1.93. The zero-order valence-corrected chi connectivity index (χ0v) is 32.9. The van der Waals surface area contributed by atoms with Crippen LogP contribution in [0.3, 0.4) is 0 Å². The molecule has 0 spiro atoms. The van der Waals surface area contributed by atoms with E-state index in [1.54, 1.807) is 11.9 Å². The topological polar surface area (TPSA) is 130 Å². The summed E-state index contributed by atoms with van der Waals surface area (Å²) in [5, 5.41) is 17.2. The molecule has 4 unspecified atom stereocenters. The van der Waals surface area contributed by atoms with Crippen molar-refractivity contribution >= 4 is 30.2 Å². The Morgan fingerprint density at radius 2 is 1.74 bits per heavy atom. The molecule has 2 aromatic rings. The van der Waals surface area contributed by atoms with E-state index in [0.29, 0.717) is 32.0 Å². The Hall–Kier alpha value is -3.68. The number of ether oxygens (including phenoxy) is 3. The number of carbonyl (C=O) groups is 3. The lowest BCUT2D eigenvalue weighted by Gasteiger charge is -2.31. The van der Waals surface area contributed by atoms with E-state index in [9.17, 15) is 19.5 Å². The first-order valence-electron chi connectivity index (χ1n) is 18.8. The number of likely N-dealkylation sites (tertiary alicyclic amines) is 1. The van der Waals surface area contributed by atoms with E-state index in [2.05, 4.69) is 53.4 Å². The van der Waals surface area contributed by atoms with Crippen molar-refractivity contribution in [2.24, 2.45) is 5.92 Å². The fourth-order valence-corrected chi connectivity index (χ4v) is 7.08. The Bertz CT molecular complexity index is 1420. The molecule has 4 atom stereocenters. The highest BCUT2D eigenvalue weighted by Gasteiger charge is 2.30. The van der Waals surface area contributed by atoms with Gasteiger partial charge in [0.25, 0.3) is 6.47 Å². The van der Waals surface area contributed by atoms with Crippen LogP contribution < -0.4 is 10.6 Å². The molecular formula is C41H60N4O7S. The summed E-state index contributed by atoms with van der Waals surface area (Å²) in [6.07, 6.45) is 8.99. The number of nitrogens with zero attached hydrogens (tertiary/aromatic N) is 2. The normalized spacial score (nSPS) is 18.9. The molecule has 3 aliphatic rings. The molecule has 12 heteroatoms. The van der Waals surface area contributed by atoms with Crippen molar-refractivity contribution in [2.45, 2.75) is 97.1 Å². The van der Waals surface area contributed by atoms with E-state index >= 15 is 0 Å². The first-order valence-corrected chi connectivity index (χ1v) is 19.6. The fourth-order valence-electron chi connectivity index (χ4n) is 5.85. The summed E-state index contributed by atoms with van der Waals surface area (Å²) in [6.45, 7) is 11.6. The van der Waals surface area contributed by atoms with Crippen LogP contribution in [0, 0.1) is 5.92 Å². The van der Waals surface area contributed by atoms with Crippen LogP contribution >= 0.6 is 11.9 Å². The molecule has 2 heterocycles. The van der Waals surface area contributed by atoms with Gasteiger partial charge < -0.3 is 30.0 Å². The third-order valence-electron chi connectivity index (χ3n) is 8.84. The molecule has 1 aliphatic carbocycles. The molecule has 0 bridgehead atoms. The van der Waals surface area contributed by atoms with Gasteiger partial charge in [-0.25, -0.2) is 4.31 Å². The number of amides is 2. The van der Waals surface area contributed by atoms with E-state index in [-0.39, 0.29) is 37.3 Å². The Morgan fingerprint density at radius 1 is 1.06 bits per heavy atom. The Labute approximate surface area is 320 Å². The quantitative estimate of drug-likeness (QED) is 0.139. The minimum atomic E-state index is -0.826. The number of benzene rings is 2. The van der Waals surface area contributed by atoms with Crippen LogP contribution in [-0.4, -0.2) is 96.9 Å². The lowest BCUT2D eigenvalue weighted by molar-refractivity contribution is -0.129. The molecule has 0 radical (unpaired) electrons. The number of carbonyl (C=O) groups excluding carboxylic acids is 3. The van der Waals surface area contributed by atoms with Crippen LogP contribution in [0.1, 0.15) is 70.9 Å². The summed E-state index contributed by atoms with van der Waals surface area (Å²) in [4.78, 5) is 38.3. The number of rotatable bonds is 17. The number of hydrogen-bond acceptors (Lipinski definition) is 10. The molecule has 0 aromatic heterocycles. The minimum Gasteiger partial charge on any atom is -0.469 e. The summed E-state index contributed by atoms with van der Waals surface area (Å²) < 4.78 is 17.8. The van der Waals surface area contributed by atoms with Gasteiger partial charge >= 0.3 is 0 Å². The third kappa shape index (κ3) is 16.5. The standard InChI is InChI=1S/C29H42N4O5S.C8H8O2.C4H10/c1-20(2)17-33(39-22-11-12-26-27(15-22)38-19-37-26)18-25(34)23(14-21-8-5-4-6-9-21)31-28(35)16-30-29(36)24-10-7-13-32(24)3;9-7-10-6-8-4-2-1-3-5-8;1-3-4-2/h4-6,8-9,11,15,20,23-26,34H,7,10,12-14,16-19H2,1-3H3,(H,30,36)(H,31,35);1-5,7H,6H2;3-4H2,1-2H3. The molecular weight excluding hydrogens is 693 g/mol. The zero-order chi connectivity index (χ0) is 38.4. The minimum absolute atomic E-state index is 0.00138. The number of likely N-dealkylation sites (N-methyl/N-ethyl adjacent to an activating group) is 1. The number of aliphatic hydroxyl groups excluding tert-OH is 1. The average Bonchev–Trinajstić information content (AvgIpc) is 3.82. The van der Waals surface area contributed by atoms with Crippen LogP contribution in [-0.2, 0) is 41.6 Å². The van der Waals surface area contributed by atoms with E-state index in [4.69, 9.17) is 9.47 Å². The van der Waals surface area contributed by atoms with Crippen molar-refractivity contribution in [1.29, 1.82) is 0 Å². The second-order valence-electron chi connectivity index (χ2n) is 13.8. The van der Waals surface area contributed by atoms with Gasteiger partial charge in [0, 0.05) is 24.4 Å². The van der Waals surface area contributed by atoms with Crippen molar-refractivity contribution < 1.29 is 33.7 Å². The van der Waals surface area contributed by atoms with Gasteiger partial charge in [-0.3, -0.25) is 19.3 Å². The first-order chi connectivity index (χ1) is 25.6. The molecule has 5 rings (SSSR count). The Balaban J connectivity index is 0.000000453. The van der Waals surface area contributed by atoms with Gasteiger partial charge in [-0.1, -0.05) is 107 Å². The van der Waals surface area contributed by atoms with Crippen molar-refractivity contribution in [3.8, 4) is 0 Å². The monoisotopic (exact) mass is 752 g/mol. The second kappa shape index (κ2) is 24.6. The average molecular weight is 753 g/mol. The second-order valence-corrected chi connectivity index (χ2v) is 15.0. The highest BCUT2D eigenvalue weighted by atomic mass is 32.2. The molecule has 2 aromatic carbocycles. The predicted molar refractivity (Wildman–Crippen MR) is 210 cm³/mol. The molecule has 3 N–H and O–H groups in total. The van der Waals surface area contributed by atoms with Crippen LogP contribution in [0.25, 0.3) is 0 Å². The van der Waals surface area contributed by atoms with Gasteiger partial charge in [-0.15, -0.1) is 0 Å². The molecule has 2 amide bonds. The third-order valence-corrected chi connectivity index (χ3v) is 9.89. The summed E-state index contributed by atoms with van der Waals surface area (Å²) >= 11 is 1.59. The number of fused-ring (bicyclic) bond motifs is 1. The maximum atomic E-state index is 12.9. The Kier molecular flexibility index (Phi) is 20.3. The van der Waals surface area contributed by atoms with Crippen LogP contribution in [0.15, 0.2) is 83.5 Å². The van der Waals surface area contributed by atoms with Crippen molar-refractivity contribution in [2.75, 3.05) is 40.0 Å². The summed E-state index contributed by atoms with van der Waals surface area (Å²) in [5.41, 5.74) is 2.03. The largest absolute Gasteiger partial charge is 0.469 e. The van der Waals surface area contributed by atoms with E-state index in [1.807, 2.05) is 78.7 Å². The number of allylic oxidation sites excluding steroid dienone is 1. The van der Waals surface area contributed by atoms with Gasteiger partial charge in [0.1, 0.15) is 18.5 Å². The van der Waals surface area contributed by atoms with Crippen LogP contribution in [0.2, 0.25) is 0 Å². The van der Waals surface area contributed by atoms with Gasteiger partial charge in [0.2, 0.25) is 11.8 Å². The maximum absolute atomic E-state index is 12.9. The molecule has 11 nitrogen and oxygen atoms in total. The number of aliphatic hydroxyl groups is 1. The Morgan fingerprint density at radius 3 is 2.34 bits per heavy atom. The maximum Gasteiger partial charge on any atom is 0.293 e. The summed E-state index contributed by atoms with van der Waals surface area (Å²) in [6, 6.07) is 18.7. The number of unbranched alkanes of at least 4 members (excludes halogenated alkanes) is 1. The van der Waals surface area contributed by atoms with Gasteiger partial charge in [-0.05, 0) is 67.9 Å². The number of hydrogen-bond donors (Lipinski definition) is 3. The van der Waals surface area contributed by atoms with Crippen LogP contribution in [0.5, 0.6) is 0 Å². The number of nitrogens with one attached hydrogen (secondary N) is 2. The highest BCUT2D eigenvalue weighted by Crippen LogP contribution is 2.33. The lowest BCUT2D eigenvalue weighted by atomic mass is 10.0. The lowest BCUT2D eigenvalue weighted by Crippen LogP contribution is -2.52. The van der Waals surface area contributed by atoms with E-state index in [1.165, 1.54) is 12.8 Å². The van der Waals surface area contributed by atoms with Gasteiger partial charge in [-0.2, -0.15) is 0 Å².